The molecule has 2 aromatic carbocycles. The second kappa shape index (κ2) is 9.25. The maximum Gasteiger partial charge on any atom is 0.237 e. The van der Waals surface area contributed by atoms with Gasteiger partial charge in [0.2, 0.25) is 5.91 Å². The minimum atomic E-state index is 0.183. The van der Waals surface area contributed by atoms with E-state index in [9.17, 15) is 4.79 Å². The summed E-state index contributed by atoms with van der Waals surface area (Å²) in [5.41, 5.74) is 2.25. The van der Waals surface area contributed by atoms with Gasteiger partial charge in [-0.2, -0.15) is 0 Å². The molecule has 1 saturated heterocycles. The predicted octanol–water partition coefficient (Wildman–Crippen LogP) is 3.90. The molecule has 0 radical (unpaired) electrons. The van der Waals surface area contributed by atoms with Crippen LogP contribution in [0.25, 0.3) is 0 Å². The number of anilines is 1. The van der Waals surface area contributed by atoms with Gasteiger partial charge < -0.3 is 9.80 Å². The lowest BCUT2D eigenvalue weighted by atomic mass is 10.2. The van der Waals surface area contributed by atoms with Gasteiger partial charge in [-0.05, 0) is 31.5 Å². The van der Waals surface area contributed by atoms with Gasteiger partial charge in [-0.1, -0.05) is 54.1 Å². The van der Waals surface area contributed by atoms with Gasteiger partial charge in [0.1, 0.15) is 0 Å². The van der Waals surface area contributed by atoms with Gasteiger partial charge in [0.15, 0.2) is 0 Å². The third-order valence-corrected chi connectivity index (χ3v) is 5.38. The Morgan fingerprint density at radius 2 is 1.63 bits per heavy atom. The van der Waals surface area contributed by atoms with Gasteiger partial charge in [-0.15, -0.1) is 0 Å². The van der Waals surface area contributed by atoms with Gasteiger partial charge in [-0.3, -0.25) is 9.69 Å². The van der Waals surface area contributed by atoms with Crippen LogP contribution in [0.1, 0.15) is 19.4 Å². The molecular weight excluding hydrogens is 358 g/mol. The van der Waals surface area contributed by atoms with Crippen LogP contribution in [0.2, 0.25) is 5.02 Å². The molecule has 4 nitrogen and oxygen atoms in total. The van der Waals surface area contributed by atoms with Crippen molar-refractivity contribution in [1.29, 1.82) is 0 Å². The first kappa shape index (κ1) is 19.7. The quantitative estimate of drug-likeness (QED) is 0.754. The van der Waals surface area contributed by atoms with Crippen molar-refractivity contribution in [3.63, 3.8) is 0 Å². The van der Waals surface area contributed by atoms with E-state index >= 15 is 0 Å². The number of hydrogen-bond donors (Lipinski definition) is 0. The largest absolute Gasteiger partial charge is 0.368 e. The topological polar surface area (TPSA) is 26.8 Å². The van der Waals surface area contributed by atoms with E-state index in [0.717, 1.165) is 36.9 Å². The normalized spacial score (nSPS) is 15.2. The van der Waals surface area contributed by atoms with Crippen molar-refractivity contribution < 1.29 is 4.79 Å². The van der Waals surface area contributed by atoms with E-state index in [2.05, 4.69) is 41.8 Å². The molecule has 144 valence electrons. The highest BCUT2D eigenvalue weighted by atomic mass is 35.5. The summed E-state index contributed by atoms with van der Waals surface area (Å²) in [4.78, 5) is 19.4. The number of carbonyl (C=O) groups excluding carboxylic acids is 1. The Kier molecular flexibility index (Phi) is 6.75. The van der Waals surface area contributed by atoms with Crippen LogP contribution < -0.4 is 4.90 Å². The van der Waals surface area contributed by atoms with Crippen LogP contribution in [0.5, 0.6) is 0 Å². The summed E-state index contributed by atoms with van der Waals surface area (Å²) < 4.78 is 0. The van der Waals surface area contributed by atoms with E-state index in [-0.39, 0.29) is 11.9 Å². The van der Waals surface area contributed by atoms with Crippen molar-refractivity contribution in [1.82, 2.24) is 9.80 Å². The molecule has 1 aliphatic rings. The molecule has 27 heavy (non-hydrogen) atoms. The van der Waals surface area contributed by atoms with Crippen LogP contribution in [0.3, 0.4) is 0 Å². The van der Waals surface area contributed by atoms with Crippen molar-refractivity contribution in [2.45, 2.75) is 26.4 Å². The molecule has 0 atom stereocenters. The SMILES string of the molecule is CC(C)N(Cc1ccccc1)C(=O)CN1CCN(c2ccccc2Cl)CC1. The summed E-state index contributed by atoms with van der Waals surface area (Å²) in [6, 6.07) is 18.3. The monoisotopic (exact) mass is 385 g/mol. The maximum atomic E-state index is 12.9. The number of rotatable bonds is 6. The zero-order valence-corrected chi connectivity index (χ0v) is 16.9. The average Bonchev–Trinajstić information content (AvgIpc) is 2.68. The first-order valence-corrected chi connectivity index (χ1v) is 9.97. The first-order valence-electron chi connectivity index (χ1n) is 9.60. The molecule has 2 aromatic rings. The lowest BCUT2D eigenvalue weighted by Crippen LogP contribution is -2.51. The fourth-order valence-electron chi connectivity index (χ4n) is 3.48. The number of nitrogens with zero attached hydrogens (tertiary/aromatic N) is 3. The molecule has 0 saturated carbocycles. The molecule has 0 N–H and O–H groups in total. The molecule has 1 aliphatic heterocycles. The summed E-state index contributed by atoms with van der Waals surface area (Å²) in [6.45, 7) is 8.81. The van der Waals surface area contributed by atoms with E-state index in [4.69, 9.17) is 11.6 Å². The number of piperazine rings is 1. The third-order valence-electron chi connectivity index (χ3n) is 5.06. The van der Waals surface area contributed by atoms with Gasteiger partial charge in [0.25, 0.3) is 0 Å². The Labute approximate surface area is 167 Å². The van der Waals surface area contributed by atoms with E-state index in [0.29, 0.717) is 13.1 Å². The Bertz CT molecular complexity index is 742. The fraction of sp³-hybridized carbons (Fsp3) is 0.409. The molecule has 0 aromatic heterocycles. The van der Waals surface area contributed by atoms with Crippen molar-refractivity contribution in [3.05, 3.63) is 65.2 Å². The summed E-state index contributed by atoms with van der Waals surface area (Å²) in [7, 11) is 0. The lowest BCUT2D eigenvalue weighted by molar-refractivity contribution is -0.134. The van der Waals surface area contributed by atoms with Crippen LogP contribution in [0, 0.1) is 0 Å². The third kappa shape index (κ3) is 5.24. The van der Waals surface area contributed by atoms with Crippen LogP contribution in [0.4, 0.5) is 5.69 Å². The van der Waals surface area contributed by atoms with E-state index in [1.165, 1.54) is 5.56 Å². The number of amides is 1. The molecule has 0 unspecified atom stereocenters. The zero-order valence-electron chi connectivity index (χ0n) is 16.1. The van der Waals surface area contributed by atoms with Gasteiger partial charge in [0, 0.05) is 38.8 Å². The second-order valence-electron chi connectivity index (χ2n) is 7.32. The molecular formula is C22H28ClN3O. The second-order valence-corrected chi connectivity index (χ2v) is 7.72. The Morgan fingerprint density at radius 3 is 2.26 bits per heavy atom. The average molecular weight is 386 g/mol. The van der Waals surface area contributed by atoms with Crippen LogP contribution in [-0.4, -0.2) is 54.5 Å². The summed E-state index contributed by atoms with van der Waals surface area (Å²) in [5, 5.41) is 0.788. The van der Waals surface area contributed by atoms with Gasteiger partial charge in [0.05, 0.1) is 17.3 Å². The standard InChI is InChI=1S/C22H28ClN3O/c1-18(2)26(16-19-8-4-3-5-9-19)22(27)17-24-12-14-25(15-13-24)21-11-7-6-10-20(21)23/h3-11,18H,12-17H2,1-2H3. The highest BCUT2D eigenvalue weighted by Gasteiger charge is 2.24. The van der Waals surface area contributed by atoms with E-state index < -0.39 is 0 Å². The molecule has 1 fully saturated rings. The van der Waals surface area contributed by atoms with Crippen LogP contribution in [-0.2, 0) is 11.3 Å². The van der Waals surface area contributed by atoms with Gasteiger partial charge in [-0.25, -0.2) is 0 Å². The number of carbonyl (C=O) groups is 1. The van der Waals surface area contributed by atoms with E-state index in [1.807, 2.05) is 41.3 Å². The van der Waals surface area contributed by atoms with Crippen molar-refractivity contribution >= 4 is 23.2 Å². The zero-order chi connectivity index (χ0) is 19.2. The Balaban J connectivity index is 1.55. The number of benzene rings is 2. The summed E-state index contributed by atoms with van der Waals surface area (Å²) in [6.07, 6.45) is 0. The minimum Gasteiger partial charge on any atom is -0.368 e. The van der Waals surface area contributed by atoms with E-state index in [1.54, 1.807) is 0 Å². The van der Waals surface area contributed by atoms with Crippen molar-refractivity contribution in [2.24, 2.45) is 0 Å². The smallest absolute Gasteiger partial charge is 0.237 e. The van der Waals surface area contributed by atoms with Gasteiger partial charge >= 0.3 is 0 Å². The maximum absolute atomic E-state index is 12.9. The molecule has 5 heteroatoms. The molecule has 1 heterocycles. The predicted molar refractivity (Wildman–Crippen MR) is 112 cm³/mol. The minimum absolute atomic E-state index is 0.183. The summed E-state index contributed by atoms with van der Waals surface area (Å²) in [5.74, 6) is 0.194. The Morgan fingerprint density at radius 1 is 1.00 bits per heavy atom. The first-order chi connectivity index (χ1) is 13.0. The lowest BCUT2D eigenvalue weighted by Gasteiger charge is -2.37. The van der Waals surface area contributed by atoms with Crippen LogP contribution in [0.15, 0.2) is 54.6 Å². The molecule has 1 amide bonds. The molecule has 0 aliphatic carbocycles. The highest BCUT2D eigenvalue weighted by Crippen LogP contribution is 2.26. The number of halogens is 1. The summed E-state index contributed by atoms with van der Waals surface area (Å²) >= 11 is 6.32. The van der Waals surface area contributed by atoms with Crippen molar-refractivity contribution in [2.75, 3.05) is 37.6 Å². The highest BCUT2D eigenvalue weighted by molar-refractivity contribution is 6.33. The molecule has 0 spiro atoms. The fourth-order valence-corrected chi connectivity index (χ4v) is 3.73. The number of hydrogen-bond acceptors (Lipinski definition) is 3. The number of para-hydroxylation sites is 1. The Hall–Kier alpha value is -2.04. The van der Waals surface area contributed by atoms with Crippen LogP contribution >= 0.6 is 11.6 Å². The van der Waals surface area contributed by atoms with Crippen molar-refractivity contribution in [3.8, 4) is 0 Å². The molecule has 0 bridgehead atoms. The molecule has 3 rings (SSSR count).